The first kappa shape index (κ1) is 15.8. The predicted octanol–water partition coefficient (Wildman–Crippen LogP) is 4.10. The van der Waals surface area contributed by atoms with Gasteiger partial charge in [0.2, 0.25) is 0 Å². The van der Waals surface area contributed by atoms with Crippen LogP contribution in [0.5, 0.6) is 0 Å². The van der Waals surface area contributed by atoms with Crippen molar-refractivity contribution in [2.75, 3.05) is 0 Å². The average molecular weight is 285 g/mol. The fourth-order valence-corrected chi connectivity index (χ4v) is 3.09. The molecule has 0 aliphatic rings. The highest BCUT2D eigenvalue weighted by Gasteiger charge is 2.15. The summed E-state index contributed by atoms with van der Waals surface area (Å²) in [5.74, 6) is 0. The quantitative estimate of drug-likeness (QED) is 0.868. The first-order valence-electron chi connectivity index (χ1n) is 7.92. The molecule has 114 valence electrons. The molecule has 0 radical (unpaired) electrons. The molecule has 0 saturated heterocycles. The number of hydrogen-bond acceptors (Lipinski definition) is 2. The number of nitrogens with two attached hydrogens (primary N) is 1. The van der Waals surface area contributed by atoms with E-state index in [0.29, 0.717) is 6.04 Å². The summed E-state index contributed by atoms with van der Waals surface area (Å²) in [6.45, 7) is 8.67. The molecule has 2 rings (SSSR count). The summed E-state index contributed by atoms with van der Waals surface area (Å²) in [6, 6.07) is 8.95. The van der Waals surface area contributed by atoms with Gasteiger partial charge in [0.15, 0.2) is 0 Å². The summed E-state index contributed by atoms with van der Waals surface area (Å²) in [5.41, 5.74) is 11.3. The molecule has 1 aromatic carbocycles. The molecule has 0 fully saturated rings. The number of nitrogens with zero attached hydrogens (tertiary/aromatic N) is 2. The fourth-order valence-electron chi connectivity index (χ4n) is 3.09. The Morgan fingerprint density at radius 2 is 1.71 bits per heavy atom. The van der Waals surface area contributed by atoms with E-state index in [-0.39, 0.29) is 6.04 Å². The summed E-state index contributed by atoms with van der Waals surface area (Å²) in [6.07, 6.45) is 5.10. The van der Waals surface area contributed by atoms with E-state index < -0.39 is 0 Å². The molecule has 0 aliphatic heterocycles. The number of aromatic nitrogens is 2. The van der Waals surface area contributed by atoms with Crippen LogP contribution < -0.4 is 5.73 Å². The van der Waals surface area contributed by atoms with Crippen molar-refractivity contribution in [3.63, 3.8) is 0 Å². The van der Waals surface area contributed by atoms with Crippen molar-refractivity contribution in [1.82, 2.24) is 9.78 Å². The van der Waals surface area contributed by atoms with E-state index in [9.17, 15) is 0 Å². The molecule has 1 heterocycles. The molecule has 0 spiro atoms. The molecule has 3 nitrogen and oxygen atoms in total. The lowest BCUT2D eigenvalue weighted by Gasteiger charge is -2.17. The minimum absolute atomic E-state index is 0.0104. The van der Waals surface area contributed by atoms with Crippen LogP contribution in [0.3, 0.4) is 0 Å². The van der Waals surface area contributed by atoms with Crippen LogP contribution in [-0.4, -0.2) is 9.78 Å². The molecule has 21 heavy (non-hydrogen) atoms. The van der Waals surface area contributed by atoms with Gasteiger partial charge >= 0.3 is 0 Å². The van der Waals surface area contributed by atoms with Gasteiger partial charge in [-0.3, -0.25) is 4.68 Å². The third-order valence-electron chi connectivity index (χ3n) is 4.32. The standard InChI is InChI=1S/C18H27N3/c1-5-16(6-2)21-11-10-15(20-21)12-17(19)18-13(3)8-7-9-14(18)4/h7-11,16-17H,5-6,12,19H2,1-4H3. The van der Waals surface area contributed by atoms with Gasteiger partial charge in [0.1, 0.15) is 0 Å². The van der Waals surface area contributed by atoms with E-state index in [1.165, 1.54) is 16.7 Å². The van der Waals surface area contributed by atoms with Crippen LogP contribution in [0, 0.1) is 13.8 Å². The molecule has 0 amide bonds. The van der Waals surface area contributed by atoms with Crippen LogP contribution in [0.25, 0.3) is 0 Å². The summed E-state index contributed by atoms with van der Waals surface area (Å²) in [7, 11) is 0. The van der Waals surface area contributed by atoms with Gasteiger partial charge in [-0.05, 0) is 49.4 Å². The topological polar surface area (TPSA) is 43.8 Å². The van der Waals surface area contributed by atoms with E-state index in [0.717, 1.165) is 25.0 Å². The molecule has 1 aromatic heterocycles. The van der Waals surface area contributed by atoms with Crippen molar-refractivity contribution in [1.29, 1.82) is 0 Å². The maximum Gasteiger partial charge on any atom is 0.0643 e. The lowest BCUT2D eigenvalue weighted by Crippen LogP contribution is -2.17. The number of benzene rings is 1. The van der Waals surface area contributed by atoms with Crippen molar-refractivity contribution >= 4 is 0 Å². The average Bonchev–Trinajstić information content (AvgIpc) is 2.88. The normalized spacial score (nSPS) is 12.9. The Bertz CT molecular complexity index is 562. The predicted molar refractivity (Wildman–Crippen MR) is 88.4 cm³/mol. The number of rotatable bonds is 6. The Morgan fingerprint density at radius 1 is 1.10 bits per heavy atom. The maximum atomic E-state index is 6.43. The van der Waals surface area contributed by atoms with Gasteiger partial charge in [-0.25, -0.2) is 0 Å². The van der Waals surface area contributed by atoms with E-state index in [1.807, 2.05) is 0 Å². The summed E-state index contributed by atoms with van der Waals surface area (Å²) < 4.78 is 2.09. The smallest absolute Gasteiger partial charge is 0.0643 e. The van der Waals surface area contributed by atoms with Gasteiger partial charge in [-0.2, -0.15) is 5.10 Å². The molecule has 2 N–H and O–H groups in total. The van der Waals surface area contributed by atoms with Gasteiger partial charge in [-0.1, -0.05) is 32.0 Å². The largest absolute Gasteiger partial charge is 0.324 e. The van der Waals surface area contributed by atoms with Crippen molar-refractivity contribution < 1.29 is 0 Å². The molecule has 0 aliphatic carbocycles. The van der Waals surface area contributed by atoms with Crippen molar-refractivity contribution in [3.8, 4) is 0 Å². The minimum atomic E-state index is 0.0104. The van der Waals surface area contributed by atoms with Crippen LogP contribution in [0.4, 0.5) is 0 Å². The van der Waals surface area contributed by atoms with Crippen LogP contribution in [0.15, 0.2) is 30.5 Å². The number of aryl methyl sites for hydroxylation is 2. The fraction of sp³-hybridized carbons (Fsp3) is 0.500. The molecular weight excluding hydrogens is 258 g/mol. The maximum absolute atomic E-state index is 6.43. The minimum Gasteiger partial charge on any atom is -0.324 e. The zero-order valence-corrected chi connectivity index (χ0v) is 13.6. The molecule has 0 bridgehead atoms. The van der Waals surface area contributed by atoms with Crippen molar-refractivity contribution in [2.45, 2.75) is 59.0 Å². The van der Waals surface area contributed by atoms with Gasteiger partial charge in [0, 0.05) is 18.7 Å². The highest BCUT2D eigenvalue weighted by Crippen LogP contribution is 2.23. The molecule has 3 heteroatoms. The van der Waals surface area contributed by atoms with Gasteiger partial charge in [0.25, 0.3) is 0 Å². The van der Waals surface area contributed by atoms with E-state index in [1.54, 1.807) is 0 Å². The van der Waals surface area contributed by atoms with Crippen molar-refractivity contribution in [2.24, 2.45) is 5.73 Å². The molecule has 2 aromatic rings. The molecule has 1 unspecified atom stereocenters. The SMILES string of the molecule is CCC(CC)n1ccc(CC(N)c2c(C)cccc2C)n1. The highest BCUT2D eigenvalue weighted by molar-refractivity contribution is 5.36. The van der Waals surface area contributed by atoms with Crippen LogP contribution in [-0.2, 0) is 6.42 Å². The zero-order chi connectivity index (χ0) is 15.4. The summed E-state index contributed by atoms with van der Waals surface area (Å²) in [5, 5.41) is 4.71. The second-order valence-electron chi connectivity index (χ2n) is 5.87. The van der Waals surface area contributed by atoms with Crippen LogP contribution >= 0.6 is 0 Å². The third kappa shape index (κ3) is 3.53. The Morgan fingerprint density at radius 3 is 2.29 bits per heavy atom. The van der Waals surface area contributed by atoms with Crippen LogP contribution in [0.2, 0.25) is 0 Å². The van der Waals surface area contributed by atoms with E-state index >= 15 is 0 Å². The van der Waals surface area contributed by atoms with E-state index in [2.05, 4.69) is 62.8 Å². The first-order chi connectivity index (χ1) is 10.1. The second kappa shape index (κ2) is 6.90. The lowest BCUT2D eigenvalue weighted by molar-refractivity contribution is 0.424. The van der Waals surface area contributed by atoms with Crippen molar-refractivity contribution in [3.05, 3.63) is 52.8 Å². The molecular formula is C18H27N3. The summed E-state index contributed by atoms with van der Waals surface area (Å²) >= 11 is 0. The van der Waals surface area contributed by atoms with Gasteiger partial charge in [-0.15, -0.1) is 0 Å². The van der Waals surface area contributed by atoms with E-state index in [4.69, 9.17) is 10.8 Å². The molecule has 0 saturated carbocycles. The highest BCUT2D eigenvalue weighted by atomic mass is 15.3. The molecule has 1 atom stereocenters. The Kier molecular flexibility index (Phi) is 5.18. The zero-order valence-electron chi connectivity index (χ0n) is 13.6. The first-order valence-corrected chi connectivity index (χ1v) is 7.92. The Balaban J connectivity index is 2.15. The third-order valence-corrected chi connectivity index (χ3v) is 4.32. The Labute approximate surface area is 128 Å². The second-order valence-corrected chi connectivity index (χ2v) is 5.87. The lowest BCUT2D eigenvalue weighted by atomic mass is 9.94. The Hall–Kier alpha value is -1.61. The van der Waals surface area contributed by atoms with Gasteiger partial charge < -0.3 is 5.73 Å². The number of hydrogen-bond donors (Lipinski definition) is 1. The monoisotopic (exact) mass is 285 g/mol. The van der Waals surface area contributed by atoms with Crippen LogP contribution in [0.1, 0.15) is 61.2 Å². The van der Waals surface area contributed by atoms with Gasteiger partial charge in [0.05, 0.1) is 11.7 Å². The summed E-state index contributed by atoms with van der Waals surface area (Å²) in [4.78, 5) is 0.